The fourth-order valence-electron chi connectivity index (χ4n) is 2.08. The molecule has 0 amide bonds. The van der Waals surface area contributed by atoms with Gasteiger partial charge in [-0.2, -0.15) is 4.98 Å². The van der Waals surface area contributed by atoms with Gasteiger partial charge in [-0.3, -0.25) is 4.79 Å². The molecule has 0 radical (unpaired) electrons. The molecule has 0 unspecified atom stereocenters. The van der Waals surface area contributed by atoms with Gasteiger partial charge in [0, 0.05) is 6.42 Å². The van der Waals surface area contributed by atoms with Crippen LogP contribution >= 0.6 is 0 Å². The molecule has 0 atom stereocenters. The average molecular weight is 284 g/mol. The molecule has 2 heterocycles. The average Bonchev–Trinajstić information content (AvgIpc) is 2.90. The number of pyridine rings is 1. The van der Waals surface area contributed by atoms with Crippen molar-refractivity contribution in [2.75, 3.05) is 0 Å². The summed E-state index contributed by atoms with van der Waals surface area (Å²) >= 11 is 0. The number of halogens is 1. The molecule has 0 aliphatic heterocycles. The van der Waals surface area contributed by atoms with Crippen molar-refractivity contribution >= 4 is 17.0 Å². The summed E-state index contributed by atoms with van der Waals surface area (Å²) in [5.74, 6) is -0.281. The normalized spacial score (nSPS) is 11.0. The SMILES string of the molecule is CCCC(=O)c1ccc2oc(-c3ccccc3F)nc2n1. The number of oxazole rings is 1. The summed E-state index contributed by atoms with van der Waals surface area (Å²) in [4.78, 5) is 20.2. The number of aromatic nitrogens is 2. The van der Waals surface area contributed by atoms with Crippen molar-refractivity contribution in [3.63, 3.8) is 0 Å². The fourth-order valence-corrected chi connectivity index (χ4v) is 2.08. The first kappa shape index (κ1) is 13.4. The fraction of sp³-hybridized carbons (Fsp3) is 0.188. The zero-order chi connectivity index (χ0) is 14.8. The van der Waals surface area contributed by atoms with E-state index in [1.807, 2.05) is 6.92 Å². The Morgan fingerprint density at radius 2 is 2.00 bits per heavy atom. The highest BCUT2D eigenvalue weighted by Gasteiger charge is 2.15. The first-order valence-electron chi connectivity index (χ1n) is 6.74. The Bertz CT molecular complexity index is 811. The predicted molar refractivity (Wildman–Crippen MR) is 76.4 cm³/mol. The lowest BCUT2D eigenvalue weighted by molar-refractivity contribution is 0.0977. The number of ketones is 1. The van der Waals surface area contributed by atoms with Crippen molar-refractivity contribution < 1.29 is 13.6 Å². The number of hydrogen-bond acceptors (Lipinski definition) is 4. The van der Waals surface area contributed by atoms with Crippen LogP contribution in [-0.4, -0.2) is 15.8 Å². The molecule has 0 fully saturated rings. The molecule has 0 N–H and O–H groups in total. The van der Waals surface area contributed by atoms with E-state index in [1.54, 1.807) is 30.3 Å². The van der Waals surface area contributed by atoms with Crippen LogP contribution in [0, 0.1) is 5.82 Å². The van der Waals surface area contributed by atoms with Crippen LogP contribution in [-0.2, 0) is 0 Å². The number of benzene rings is 1. The van der Waals surface area contributed by atoms with Gasteiger partial charge >= 0.3 is 0 Å². The number of fused-ring (bicyclic) bond motifs is 1. The molecule has 0 bridgehead atoms. The third-order valence-corrected chi connectivity index (χ3v) is 3.12. The molecule has 3 rings (SSSR count). The first-order chi connectivity index (χ1) is 10.2. The lowest BCUT2D eigenvalue weighted by Gasteiger charge is -1.96. The Morgan fingerprint density at radius 1 is 1.19 bits per heavy atom. The number of nitrogens with zero attached hydrogens (tertiary/aromatic N) is 2. The van der Waals surface area contributed by atoms with Gasteiger partial charge in [-0.05, 0) is 30.7 Å². The van der Waals surface area contributed by atoms with E-state index in [1.165, 1.54) is 6.07 Å². The highest BCUT2D eigenvalue weighted by atomic mass is 19.1. The van der Waals surface area contributed by atoms with E-state index in [9.17, 15) is 9.18 Å². The molecule has 21 heavy (non-hydrogen) atoms. The first-order valence-corrected chi connectivity index (χ1v) is 6.74. The van der Waals surface area contributed by atoms with Gasteiger partial charge in [0.25, 0.3) is 0 Å². The predicted octanol–water partition coefficient (Wildman–Crippen LogP) is 4.01. The Balaban J connectivity index is 2.05. The van der Waals surface area contributed by atoms with Crippen LogP contribution in [0.2, 0.25) is 0 Å². The summed E-state index contributed by atoms with van der Waals surface area (Å²) in [6, 6.07) is 9.48. The van der Waals surface area contributed by atoms with Gasteiger partial charge in [0.2, 0.25) is 5.89 Å². The molecule has 0 aliphatic carbocycles. The van der Waals surface area contributed by atoms with Crippen LogP contribution in [0.25, 0.3) is 22.7 Å². The molecule has 0 saturated heterocycles. The van der Waals surface area contributed by atoms with Gasteiger partial charge in [0.05, 0.1) is 5.56 Å². The molecule has 2 aromatic heterocycles. The van der Waals surface area contributed by atoms with Crippen LogP contribution in [0.5, 0.6) is 0 Å². The Hall–Kier alpha value is -2.56. The second-order valence-corrected chi connectivity index (χ2v) is 4.69. The van der Waals surface area contributed by atoms with Crippen molar-refractivity contribution in [3.05, 3.63) is 47.9 Å². The Labute approximate surface area is 120 Å². The van der Waals surface area contributed by atoms with Crippen LogP contribution in [0.1, 0.15) is 30.3 Å². The molecule has 0 saturated carbocycles. The van der Waals surface area contributed by atoms with Gasteiger partial charge in [-0.25, -0.2) is 9.37 Å². The van der Waals surface area contributed by atoms with Crippen LogP contribution < -0.4 is 0 Å². The largest absolute Gasteiger partial charge is 0.434 e. The maximum Gasteiger partial charge on any atom is 0.231 e. The Morgan fingerprint density at radius 3 is 2.76 bits per heavy atom. The summed E-state index contributed by atoms with van der Waals surface area (Å²) in [5.41, 5.74) is 1.38. The van der Waals surface area contributed by atoms with E-state index < -0.39 is 5.82 Å². The third-order valence-electron chi connectivity index (χ3n) is 3.12. The van der Waals surface area contributed by atoms with Gasteiger partial charge in [-0.15, -0.1) is 0 Å². The van der Waals surface area contributed by atoms with Gasteiger partial charge in [-0.1, -0.05) is 19.1 Å². The molecule has 3 aromatic rings. The molecular weight excluding hydrogens is 271 g/mol. The minimum absolute atomic E-state index is 0.0326. The minimum Gasteiger partial charge on any atom is -0.434 e. The molecule has 0 spiro atoms. The highest BCUT2D eigenvalue weighted by molar-refractivity contribution is 5.95. The van der Waals surface area contributed by atoms with Crippen molar-refractivity contribution in [1.29, 1.82) is 0 Å². The van der Waals surface area contributed by atoms with E-state index in [2.05, 4.69) is 9.97 Å². The quantitative estimate of drug-likeness (QED) is 0.679. The number of rotatable bonds is 4. The Kier molecular flexibility index (Phi) is 3.48. The van der Waals surface area contributed by atoms with Crippen molar-refractivity contribution in [2.24, 2.45) is 0 Å². The second kappa shape index (κ2) is 5.44. The summed E-state index contributed by atoms with van der Waals surface area (Å²) < 4.78 is 19.2. The maximum absolute atomic E-state index is 13.7. The van der Waals surface area contributed by atoms with Gasteiger partial charge in [0.1, 0.15) is 11.5 Å². The number of Topliss-reactive ketones (excluding diaryl/α,β-unsaturated/α-hetero) is 1. The van der Waals surface area contributed by atoms with Crippen LogP contribution in [0.15, 0.2) is 40.8 Å². The van der Waals surface area contributed by atoms with E-state index in [0.29, 0.717) is 23.3 Å². The monoisotopic (exact) mass is 284 g/mol. The summed E-state index contributed by atoms with van der Waals surface area (Å²) in [5, 5.41) is 0. The van der Waals surface area contributed by atoms with Crippen LogP contribution in [0.3, 0.4) is 0 Å². The van der Waals surface area contributed by atoms with Crippen molar-refractivity contribution in [3.8, 4) is 11.5 Å². The maximum atomic E-state index is 13.7. The lowest BCUT2D eigenvalue weighted by atomic mass is 10.1. The number of carbonyl (C=O) groups is 1. The smallest absolute Gasteiger partial charge is 0.231 e. The molecule has 0 aliphatic rings. The molecule has 5 heteroatoms. The number of carbonyl (C=O) groups excluding carboxylic acids is 1. The number of hydrogen-bond donors (Lipinski definition) is 0. The summed E-state index contributed by atoms with van der Waals surface area (Å²) in [6.07, 6.45) is 1.20. The molecule has 1 aromatic carbocycles. The minimum atomic E-state index is -0.411. The topological polar surface area (TPSA) is 56.0 Å². The van der Waals surface area contributed by atoms with E-state index >= 15 is 0 Å². The molecule has 106 valence electrons. The van der Waals surface area contributed by atoms with Gasteiger partial charge in [0.15, 0.2) is 17.0 Å². The van der Waals surface area contributed by atoms with E-state index in [0.717, 1.165) is 6.42 Å². The third kappa shape index (κ3) is 2.54. The van der Waals surface area contributed by atoms with Crippen LogP contribution in [0.4, 0.5) is 4.39 Å². The summed E-state index contributed by atoms with van der Waals surface area (Å²) in [6.45, 7) is 1.93. The van der Waals surface area contributed by atoms with Crippen molar-refractivity contribution in [2.45, 2.75) is 19.8 Å². The van der Waals surface area contributed by atoms with Crippen molar-refractivity contribution in [1.82, 2.24) is 9.97 Å². The standard InChI is InChI=1S/C16H13FN2O2/c1-2-5-13(20)12-8-9-14-15(18-12)19-16(21-14)10-6-3-4-7-11(10)17/h3-4,6-9H,2,5H2,1H3. The zero-order valence-electron chi connectivity index (χ0n) is 11.5. The van der Waals surface area contributed by atoms with E-state index in [4.69, 9.17) is 4.42 Å². The van der Waals surface area contributed by atoms with E-state index in [-0.39, 0.29) is 17.2 Å². The lowest BCUT2D eigenvalue weighted by Crippen LogP contribution is -2.01. The van der Waals surface area contributed by atoms with Gasteiger partial charge < -0.3 is 4.42 Å². The molecular formula is C16H13FN2O2. The zero-order valence-corrected chi connectivity index (χ0v) is 11.5. The second-order valence-electron chi connectivity index (χ2n) is 4.69. The highest BCUT2D eigenvalue weighted by Crippen LogP contribution is 2.25. The summed E-state index contributed by atoms with van der Waals surface area (Å²) in [7, 11) is 0. The molecule has 4 nitrogen and oxygen atoms in total.